The Morgan fingerprint density at radius 1 is 1.44 bits per heavy atom. The van der Waals surface area contributed by atoms with Gasteiger partial charge < -0.3 is 9.84 Å². The van der Waals surface area contributed by atoms with Crippen molar-refractivity contribution >= 4 is 29.2 Å². The monoisotopic (exact) mass is 288 g/mol. The number of hydrogen-bond donors (Lipinski definition) is 1. The van der Waals surface area contributed by atoms with Crippen molar-refractivity contribution in [1.29, 1.82) is 0 Å². The second-order valence-electron chi connectivity index (χ2n) is 4.97. The summed E-state index contributed by atoms with van der Waals surface area (Å²) in [6, 6.07) is 7.26. The van der Waals surface area contributed by atoms with Crippen LogP contribution < -0.4 is 4.74 Å². The number of alkyl halides is 2. The molecule has 0 bridgehead atoms. The average molecular weight is 289 g/mol. The lowest BCUT2D eigenvalue weighted by Gasteiger charge is -2.23. The van der Waals surface area contributed by atoms with E-state index in [0.29, 0.717) is 12.2 Å². The zero-order valence-corrected chi connectivity index (χ0v) is 11.6. The molecule has 1 aromatic rings. The summed E-state index contributed by atoms with van der Waals surface area (Å²) in [6.45, 7) is 3.02. The molecule has 0 spiro atoms. The van der Waals surface area contributed by atoms with Crippen molar-refractivity contribution < 1.29 is 14.6 Å². The molecule has 98 valence electrons. The van der Waals surface area contributed by atoms with Crippen LogP contribution in [0.2, 0.25) is 0 Å². The number of carboxylic acids is 1. The molecule has 1 aliphatic rings. The Bertz CT molecular complexity index is 483. The van der Waals surface area contributed by atoms with Gasteiger partial charge in [-0.3, -0.25) is 0 Å². The molecule has 1 aliphatic carbocycles. The first-order valence-corrected chi connectivity index (χ1v) is 6.39. The number of benzene rings is 1. The highest BCUT2D eigenvalue weighted by molar-refractivity contribution is 6.51. The SMILES string of the molecule is CC(C)(Oc1ccccc1C1CC1(Cl)Cl)C(=O)O. The molecule has 0 saturated heterocycles. The van der Waals surface area contributed by atoms with Crippen LogP contribution in [0.15, 0.2) is 24.3 Å². The second kappa shape index (κ2) is 4.32. The highest BCUT2D eigenvalue weighted by Crippen LogP contribution is 2.61. The third-order valence-corrected chi connectivity index (χ3v) is 3.84. The Kier molecular flexibility index (Phi) is 3.24. The Morgan fingerprint density at radius 2 is 2.00 bits per heavy atom. The van der Waals surface area contributed by atoms with E-state index in [9.17, 15) is 4.79 Å². The molecule has 0 aromatic heterocycles. The number of halogens is 2. The summed E-state index contributed by atoms with van der Waals surface area (Å²) < 4.78 is 4.82. The van der Waals surface area contributed by atoms with Gasteiger partial charge in [0.1, 0.15) is 10.1 Å². The lowest BCUT2D eigenvalue weighted by Crippen LogP contribution is -2.38. The minimum Gasteiger partial charge on any atom is -0.478 e. The quantitative estimate of drug-likeness (QED) is 0.862. The molecule has 2 rings (SSSR count). The normalized spacial score (nSPS) is 21.4. The first-order chi connectivity index (χ1) is 8.24. The Morgan fingerprint density at radius 3 is 2.50 bits per heavy atom. The molecule has 1 atom stereocenters. The van der Waals surface area contributed by atoms with E-state index >= 15 is 0 Å². The predicted molar refractivity (Wildman–Crippen MR) is 70.6 cm³/mol. The van der Waals surface area contributed by atoms with Crippen LogP contribution >= 0.6 is 23.2 Å². The van der Waals surface area contributed by atoms with Gasteiger partial charge in [0.2, 0.25) is 0 Å². The molecular weight excluding hydrogens is 275 g/mol. The maximum Gasteiger partial charge on any atom is 0.347 e. The minimum absolute atomic E-state index is 0.00151. The van der Waals surface area contributed by atoms with E-state index in [-0.39, 0.29) is 5.92 Å². The van der Waals surface area contributed by atoms with Gasteiger partial charge in [0.15, 0.2) is 5.60 Å². The summed E-state index contributed by atoms with van der Waals surface area (Å²) in [5.41, 5.74) is -0.427. The molecule has 1 saturated carbocycles. The van der Waals surface area contributed by atoms with E-state index in [1.54, 1.807) is 12.1 Å². The average Bonchev–Trinajstić information content (AvgIpc) is 2.87. The number of aliphatic carboxylic acids is 1. The highest BCUT2D eigenvalue weighted by Gasteiger charge is 2.53. The van der Waals surface area contributed by atoms with E-state index in [0.717, 1.165) is 5.56 Å². The first kappa shape index (κ1) is 13.5. The fraction of sp³-hybridized carbons (Fsp3) is 0.462. The molecule has 5 heteroatoms. The first-order valence-electron chi connectivity index (χ1n) is 5.63. The fourth-order valence-corrected chi connectivity index (χ4v) is 2.27. The van der Waals surface area contributed by atoms with Gasteiger partial charge in [0, 0.05) is 11.5 Å². The van der Waals surface area contributed by atoms with Gasteiger partial charge >= 0.3 is 5.97 Å². The second-order valence-corrected chi connectivity index (χ2v) is 6.52. The Labute approximate surface area is 116 Å². The molecule has 1 aromatic carbocycles. The lowest BCUT2D eigenvalue weighted by molar-refractivity contribution is -0.152. The lowest BCUT2D eigenvalue weighted by atomic mass is 10.1. The van der Waals surface area contributed by atoms with E-state index in [1.165, 1.54) is 13.8 Å². The van der Waals surface area contributed by atoms with E-state index < -0.39 is 15.9 Å². The van der Waals surface area contributed by atoms with Crippen LogP contribution in [-0.4, -0.2) is 21.0 Å². The molecule has 1 N–H and O–H groups in total. The summed E-state index contributed by atoms with van der Waals surface area (Å²) in [4.78, 5) is 11.1. The number of rotatable bonds is 4. The van der Waals surface area contributed by atoms with Crippen molar-refractivity contribution in [3.05, 3.63) is 29.8 Å². The van der Waals surface area contributed by atoms with Gasteiger partial charge in [0.25, 0.3) is 0 Å². The third kappa shape index (κ3) is 2.57. The topological polar surface area (TPSA) is 46.5 Å². The molecular formula is C13H14Cl2O3. The van der Waals surface area contributed by atoms with Crippen LogP contribution in [0.25, 0.3) is 0 Å². The van der Waals surface area contributed by atoms with Crippen molar-refractivity contribution in [2.45, 2.75) is 36.1 Å². The van der Waals surface area contributed by atoms with Crippen LogP contribution in [0, 0.1) is 0 Å². The fourth-order valence-electron chi connectivity index (χ4n) is 1.73. The molecule has 0 aliphatic heterocycles. The third-order valence-electron chi connectivity index (χ3n) is 3.00. The summed E-state index contributed by atoms with van der Waals surface area (Å²) in [5, 5.41) is 9.07. The summed E-state index contributed by atoms with van der Waals surface area (Å²) >= 11 is 12.1. The molecule has 0 amide bonds. The predicted octanol–water partition coefficient (Wildman–Crippen LogP) is 3.59. The minimum atomic E-state index is -1.29. The van der Waals surface area contributed by atoms with Crippen molar-refractivity contribution in [3.63, 3.8) is 0 Å². The maximum absolute atomic E-state index is 11.1. The van der Waals surface area contributed by atoms with Gasteiger partial charge in [-0.25, -0.2) is 4.79 Å². The molecule has 1 unspecified atom stereocenters. The van der Waals surface area contributed by atoms with Gasteiger partial charge in [-0.1, -0.05) is 18.2 Å². The van der Waals surface area contributed by atoms with E-state index in [1.807, 2.05) is 12.1 Å². The number of para-hydroxylation sites is 1. The van der Waals surface area contributed by atoms with Crippen molar-refractivity contribution in [2.75, 3.05) is 0 Å². The number of hydrogen-bond acceptors (Lipinski definition) is 2. The zero-order chi connectivity index (χ0) is 13.6. The Balaban J connectivity index is 2.27. The van der Waals surface area contributed by atoms with Gasteiger partial charge in [0.05, 0.1) is 0 Å². The van der Waals surface area contributed by atoms with Crippen molar-refractivity contribution in [1.82, 2.24) is 0 Å². The summed E-state index contributed by atoms with van der Waals surface area (Å²) in [6.07, 6.45) is 0.657. The van der Waals surface area contributed by atoms with Gasteiger partial charge in [-0.2, -0.15) is 0 Å². The van der Waals surface area contributed by atoms with Crippen LogP contribution in [-0.2, 0) is 4.79 Å². The Hall–Kier alpha value is -0.930. The van der Waals surface area contributed by atoms with Crippen LogP contribution in [0.4, 0.5) is 0 Å². The zero-order valence-electron chi connectivity index (χ0n) is 10.1. The van der Waals surface area contributed by atoms with Crippen molar-refractivity contribution in [3.8, 4) is 5.75 Å². The van der Waals surface area contributed by atoms with E-state index in [4.69, 9.17) is 33.0 Å². The standard InChI is InChI=1S/C13H14Cl2O3/c1-12(2,11(16)17)18-10-6-4-3-5-8(10)9-7-13(9,14)15/h3-6,9H,7H2,1-2H3,(H,16,17). The van der Waals surface area contributed by atoms with E-state index in [2.05, 4.69) is 0 Å². The summed E-state index contributed by atoms with van der Waals surface area (Å²) in [5.74, 6) is -0.490. The molecule has 0 heterocycles. The van der Waals surface area contributed by atoms with Crippen molar-refractivity contribution in [2.24, 2.45) is 0 Å². The number of ether oxygens (including phenoxy) is 1. The molecule has 0 radical (unpaired) electrons. The molecule has 1 fully saturated rings. The van der Waals surface area contributed by atoms with Crippen LogP contribution in [0.3, 0.4) is 0 Å². The number of carboxylic acid groups (broad SMARTS) is 1. The smallest absolute Gasteiger partial charge is 0.347 e. The summed E-state index contributed by atoms with van der Waals surface area (Å²) in [7, 11) is 0. The van der Waals surface area contributed by atoms with Crippen LogP contribution in [0.1, 0.15) is 31.7 Å². The highest BCUT2D eigenvalue weighted by atomic mass is 35.5. The number of carbonyl (C=O) groups is 1. The molecule has 3 nitrogen and oxygen atoms in total. The molecule has 18 heavy (non-hydrogen) atoms. The maximum atomic E-state index is 11.1. The van der Waals surface area contributed by atoms with Crippen LogP contribution in [0.5, 0.6) is 5.75 Å². The van der Waals surface area contributed by atoms with Gasteiger partial charge in [-0.05, 0) is 26.3 Å². The van der Waals surface area contributed by atoms with Gasteiger partial charge in [-0.15, -0.1) is 23.2 Å². The largest absolute Gasteiger partial charge is 0.478 e.